The number of H-pyrrole nitrogens is 1. The predicted molar refractivity (Wildman–Crippen MR) is 129 cm³/mol. The Balaban J connectivity index is 1.46. The van der Waals surface area contributed by atoms with Gasteiger partial charge in [0.1, 0.15) is 5.82 Å². The number of nitrogens with zero attached hydrogens (tertiary/aromatic N) is 4. The molecule has 1 aliphatic heterocycles. The zero-order valence-electron chi connectivity index (χ0n) is 19.4. The second-order valence-electron chi connectivity index (χ2n) is 8.67. The highest BCUT2D eigenvalue weighted by Crippen LogP contribution is 2.35. The number of imidazole rings is 1. The number of hydrogen-bond acceptors (Lipinski definition) is 8. The normalized spacial score (nSPS) is 19.7. The Bertz CT molecular complexity index is 1350. The molecule has 36 heavy (non-hydrogen) atoms. The van der Waals surface area contributed by atoms with E-state index in [0.717, 1.165) is 5.69 Å². The lowest BCUT2D eigenvalue weighted by molar-refractivity contribution is -0.230. The zero-order valence-corrected chi connectivity index (χ0v) is 19.4. The molecule has 4 aromatic rings. The number of anilines is 1. The molecule has 11 heteroatoms. The lowest BCUT2D eigenvalue weighted by atomic mass is 9.91. The zero-order chi connectivity index (χ0) is 25.1. The Hall–Kier alpha value is -4.22. The number of amides is 1. The van der Waals surface area contributed by atoms with Crippen molar-refractivity contribution in [2.45, 2.75) is 19.8 Å². The minimum Gasteiger partial charge on any atom is -0.369 e. The Morgan fingerprint density at radius 2 is 1.89 bits per heavy atom. The van der Waals surface area contributed by atoms with E-state index in [-0.39, 0.29) is 19.0 Å². The van der Waals surface area contributed by atoms with E-state index >= 15 is 0 Å². The number of nitrogens with one attached hydrogen (secondary N) is 2. The van der Waals surface area contributed by atoms with E-state index in [4.69, 9.17) is 20.2 Å². The molecule has 0 unspecified atom stereocenters. The third-order valence-corrected chi connectivity index (χ3v) is 5.83. The van der Waals surface area contributed by atoms with Crippen LogP contribution in [0.2, 0.25) is 0 Å². The van der Waals surface area contributed by atoms with Crippen molar-refractivity contribution in [3.63, 3.8) is 0 Å². The summed E-state index contributed by atoms with van der Waals surface area (Å²) in [5, 5.41) is 3.17. The second-order valence-corrected chi connectivity index (χ2v) is 8.67. The molecule has 1 aromatic carbocycles. The van der Waals surface area contributed by atoms with Crippen LogP contribution < -0.4 is 11.1 Å². The maximum absolute atomic E-state index is 13.6. The number of benzene rings is 1. The number of primary amides is 1. The number of rotatable bonds is 7. The Labute approximate surface area is 206 Å². The van der Waals surface area contributed by atoms with Crippen LogP contribution in [0.4, 0.5) is 10.3 Å². The number of halogens is 1. The summed E-state index contributed by atoms with van der Waals surface area (Å²) in [5.41, 5.74) is 7.75. The number of ether oxygens (including phenoxy) is 2. The lowest BCUT2D eigenvalue weighted by Gasteiger charge is -2.34. The van der Waals surface area contributed by atoms with Gasteiger partial charge in [-0.25, -0.2) is 19.3 Å². The van der Waals surface area contributed by atoms with Gasteiger partial charge in [-0.2, -0.15) is 0 Å². The number of carbonyl (C=O) groups is 1. The van der Waals surface area contributed by atoms with Gasteiger partial charge in [0.15, 0.2) is 5.82 Å². The van der Waals surface area contributed by atoms with Crippen LogP contribution in [0.1, 0.15) is 24.7 Å². The van der Waals surface area contributed by atoms with Crippen molar-refractivity contribution in [3.05, 3.63) is 78.3 Å². The maximum atomic E-state index is 13.6. The van der Waals surface area contributed by atoms with Crippen molar-refractivity contribution in [1.29, 1.82) is 0 Å². The number of hydrogen-bond donors (Lipinski definition) is 3. The highest BCUT2D eigenvalue weighted by atomic mass is 19.1. The van der Waals surface area contributed by atoms with Crippen LogP contribution in [0.15, 0.2) is 60.9 Å². The first-order valence-electron chi connectivity index (χ1n) is 11.3. The Morgan fingerprint density at radius 1 is 1.11 bits per heavy atom. The molecule has 0 radical (unpaired) electrons. The van der Waals surface area contributed by atoms with Crippen LogP contribution in [0.3, 0.4) is 0 Å². The molecule has 4 heterocycles. The average molecular weight is 490 g/mol. The molecule has 0 saturated carbocycles. The smallest absolute Gasteiger partial charge is 0.228 e. The van der Waals surface area contributed by atoms with Gasteiger partial charge < -0.3 is 25.5 Å². The molecular weight excluding hydrogens is 465 g/mol. The molecule has 184 valence electrons. The molecule has 3 aromatic heterocycles. The summed E-state index contributed by atoms with van der Waals surface area (Å²) in [7, 11) is 0. The molecule has 10 nitrogen and oxygen atoms in total. The van der Waals surface area contributed by atoms with Crippen molar-refractivity contribution in [2.24, 2.45) is 11.1 Å². The average Bonchev–Trinajstić information content (AvgIpc) is 3.34. The van der Waals surface area contributed by atoms with E-state index < -0.39 is 17.6 Å². The Kier molecular flexibility index (Phi) is 6.40. The summed E-state index contributed by atoms with van der Waals surface area (Å²) in [6.07, 6.45) is 2.51. The lowest BCUT2D eigenvalue weighted by Crippen LogP contribution is -2.46. The highest BCUT2D eigenvalue weighted by Gasteiger charge is 2.39. The van der Waals surface area contributed by atoms with Gasteiger partial charge in [-0.05, 0) is 49.4 Å². The third-order valence-electron chi connectivity index (χ3n) is 5.83. The van der Waals surface area contributed by atoms with E-state index in [1.54, 1.807) is 37.5 Å². The fourth-order valence-corrected chi connectivity index (χ4v) is 3.67. The summed E-state index contributed by atoms with van der Waals surface area (Å²) in [6.45, 7) is 2.31. The quantitative estimate of drug-likeness (QED) is 0.359. The standard InChI is InChI=1S/C25H24FN7O3/c1-25(23(27)34)13-35-22(36-14-25)21-32-19(15-5-7-16(26)8-6-15)20(33-21)18-9-11-29-24(31-18)30-12-17-4-2-3-10-28-17/h2-11,22H,12-14H2,1H3,(H2,27,34)(H,32,33)(H,29,30,31). The van der Waals surface area contributed by atoms with Crippen LogP contribution in [0.5, 0.6) is 0 Å². The minimum absolute atomic E-state index is 0.0873. The van der Waals surface area contributed by atoms with Gasteiger partial charge >= 0.3 is 0 Å². The van der Waals surface area contributed by atoms with Gasteiger partial charge in [0.05, 0.1) is 47.9 Å². The number of pyridine rings is 1. The molecule has 1 amide bonds. The number of carbonyl (C=O) groups excluding carboxylic acids is 1. The molecule has 1 aliphatic rings. The van der Waals surface area contributed by atoms with Crippen LogP contribution in [0, 0.1) is 11.2 Å². The molecule has 0 atom stereocenters. The molecular formula is C25H24FN7O3. The number of aromatic nitrogens is 5. The van der Waals surface area contributed by atoms with Crippen molar-refractivity contribution in [3.8, 4) is 22.6 Å². The summed E-state index contributed by atoms with van der Waals surface area (Å²) in [4.78, 5) is 32.9. The molecule has 0 bridgehead atoms. The summed E-state index contributed by atoms with van der Waals surface area (Å²) >= 11 is 0. The predicted octanol–water partition coefficient (Wildman–Crippen LogP) is 3.22. The minimum atomic E-state index is -0.924. The summed E-state index contributed by atoms with van der Waals surface area (Å²) in [5.74, 6) is -0.0669. The molecule has 1 saturated heterocycles. The molecule has 0 spiro atoms. The largest absolute Gasteiger partial charge is 0.369 e. The van der Waals surface area contributed by atoms with Crippen molar-refractivity contribution in [2.75, 3.05) is 18.5 Å². The van der Waals surface area contributed by atoms with Crippen LogP contribution in [0.25, 0.3) is 22.6 Å². The first-order valence-corrected chi connectivity index (χ1v) is 11.3. The SMILES string of the molecule is CC1(C(N)=O)COC(c2nc(-c3ccc(F)cc3)c(-c3ccnc(NCc4ccccn4)n3)[nH]2)OC1. The van der Waals surface area contributed by atoms with E-state index in [9.17, 15) is 9.18 Å². The first kappa shape index (κ1) is 23.5. The number of nitrogens with two attached hydrogens (primary N) is 1. The van der Waals surface area contributed by atoms with Crippen LogP contribution >= 0.6 is 0 Å². The van der Waals surface area contributed by atoms with E-state index in [0.29, 0.717) is 41.0 Å². The first-order chi connectivity index (χ1) is 17.4. The van der Waals surface area contributed by atoms with Gasteiger partial charge in [-0.1, -0.05) is 6.07 Å². The van der Waals surface area contributed by atoms with E-state index in [2.05, 4.69) is 25.3 Å². The highest BCUT2D eigenvalue weighted by molar-refractivity contribution is 5.81. The van der Waals surface area contributed by atoms with Gasteiger partial charge in [0.2, 0.25) is 18.1 Å². The molecule has 0 aliphatic carbocycles. The maximum Gasteiger partial charge on any atom is 0.228 e. The van der Waals surface area contributed by atoms with Crippen molar-refractivity contribution in [1.82, 2.24) is 24.9 Å². The molecule has 4 N–H and O–H groups in total. The van der Waals surface area contributed by atoms with Crippen molar-refractivity contribution >= 4 is 11.9 Å². The number of aromatic amines is 1. The van der Waals surface area contributed by atoms with Gasteiger partial charge in [-0.15, -0.1) is 0 Å². The topological polar surface area (TPSA) is 141 Å². The summed E-state index contributed by atoms with van der Waals surface area (Å²) in [6, 6.07) is 13.4. The van der Waals surface area contributed by atoms with Gasteiger partial charge in [0, 0.05) is 18.0 Å². The van der Waals surface area contributed by atoms with Crippen LogP contribution in [-0.2, 0) is 20.8 Å². The Morgan fingerprint density at radius 3 is 2.58 bits per heavy atom. The fourth-order valence-electron chi connectivity index (χ4n) is 3.67. The molecule has 5 rings (SSSR count). The molecule has 1 fully saturated rings. The second kappa shape index (κ2) is 9.80. The van der Waals surface area contributed by atoms with E-state index in [1.165, 1.54) is 12.1 Å². The third kappa shape index (κ3) is 4.92. The monoisotopic (exact) mass is 489 g/mol. The van der Waals surface area contributed by atoms with E-state index in [1.807, 2.05) is 18.2 Å². The van der Waals surface area contributed by atoms with Gasteiger partial charge in [-0.3, -0.25) is 9.78 Å². The summed E-state index contributed by atoms with van der Waals surface area (Å²) < 4.78 is 25.2. The van der Waals surface area contributed by atoms with Crippen molar-refractivity contribution < 1.29 is 18.7 Å². The van der Waals surface area contributed by atoms with Crippen LogP contribution in [-0.4, -0.2) is 44.0 Å². The fraction of sp³-hybridized carbons (Fsp3) is 0.240. The van der Waals surface area contributed by atoms with Gasteiger partial charge in [0.25, 0.3) is 0 Å².